The Labute approximate surface area is 165 Å². The van der Waals surface area contributed by atoms with Gasteiger partial charge in [0.25, 0.3) is 5.91 Å². The number of benzene rings is 1. The molecule has 10 heteroatoms. The molecule has 0 saturated carbocycles. The van der Waals surface area contributed by atoms with Crippen LogP contribution in [0.4, 0.5) is 21.0 Å². The predicted octanol–water partition coefficient (Wildman–Crippen LogP) is 5.10. The van der Waals surface area contributed by atoms with Crippen molar-refractivity contribution in [1.29, 1.82) is 0 Å². The molecule has 0 unspecified atom stereocenters. The van der Waals surface area contributed by atoms with Crippen molar-refractivity contribution in [2.75, 3.05) is 17.7 Å². The van der Waals surface area contributed by atoms with E-state index in [-0.39, 0.29) is 15.6 Å². The number of methoxy groups -OCH3 is 1. The number of hydrogen-bond donors (Lipinski definition) is 2. The molecule has 0 spiro atoms. The van der Waals surface area contributed by atoms with Crippen LogP contribution in [0.15, 0.2) is 41.1 Å². The van der Waals surface area contributed by atoms with Gasteiger partial charge in [-0.3, -0.25) is 4.79 Å². The van der Waals surface area contributed by atoms with Gasteiger partial charge in [-0.15, -0.1) is 0 Å². The number of carbonyl (C=O) groups is 1. The van der Waals surface area contributed by atoms with E-state index in [9.17, 15) is 9.18 Å². The normalized spacial score (nSPS) is 10.5. The van der Waals surface area contributed by atoms with E-state index in [0.29, 0.717) is 21.3 Å². The fourth-order valence-corrected chi connectivity index (χ4v) is 3.24. The van der Waals surface area contributed by atoms with Crippen LogP contribution in [0, 0.1) is 5.82 Å². The third kappa shape index (κ3) is 4.12. The molecule has 0 atom stereocenters. The molecule has 3 aromatic rings. The lowest BCUT2D eigenvalue weighted by atomic mass is 10.3. The summed E-state index contributed by atoms with van der Waals surface area (Å²) in [6.07, 6.45) is 1.38. The van der Waals surface area contributed by atoms with Crippen molar-refractivity contribution in [3.05, 3.63) is 56.8 Å². The van der Waals surface area contributed by atoms with Gasteiger partial charge in [-0.1, -0.05) is 29.0 Å². The lowest BCUT2D eigenvalue weighted by Gasteiger charge is -2.08. The second kappa shape index (κ2) is 7.98. The van der Waals surface area contributed by atoms with Crippen LogP contribution in [-0.4, -0.2) is 23.0 Å². The average Bonchev–Trinajstić information content (AvgIpc) is 3.07. The van der Waals surface area contributed by atoms with Crippen LogP contribution in [-0.2, 0) is 0 Å². The highest BCUT2D eigenvalue weighted by Gasteiger charge is 2.16. The monoisotopic (exact) mass is 456 g/mol. The molecular weight excluding hydrogens is 447 g/mol. The minimum atomic E-state index is -0.614. The van der Waals surface area contributed by atoms with Crippen LogP contribution in [0.2, 0.25) is 5.02 Å². The van der Waals surface area contributed by atoms with Gasteiger partial charge in [-0.2, -0.15) is 0 Å². The molecule has 134 valence electrons. The maximum atomic E-state index is 13.8. The molecular formula is C16H11BrClFN4O2S. The molecule has 2 aromatic heterocycles. The molecule has 2 heterocycles. The van der Waals surface area contributed by atoms with Gasteiger partial charge in [0.1, 0.15) is 15.3 Å². The summed E-state index contributed by atoms with van der Waals surface area (Å²) in [6.45, 7) is 0. The van der Waals surface area contributed by atoms with Gasteiger partial charge in [0.2, 0.25) is 0 Å². The predicted molar refractivity (Wildman–Crippen MR) is 103 cm³/mol. The zero-order chi connectivity index (χ0) is 18.7. The van der Waals surface area contributed by atoms with E-state index in [1.165, 1.54) is 31.5 Å². The Morgan fingerprint density at radius 1 is 1.35 bits per heavy atom. The summed E-state index contributed by atoms with van der Waals surface area (Å²) >= 11 is 10.3. The van der Waals surface area contributed by atoms with E-state index in [0.717, 1.165) is 11.3 Å². The number of thiazole rings is 1. The van der Waals surface area contributed by atoms with Crippen LogP contribution in [0.3, 0.4) is 0 Å². The lowest BCUT2D eigenvalue weighted by Crippen LogP contribution is -2.11. The highest BCUT2D eigenvalue weighted by atomic mass is 79.9. The van der Waals surface area contributed by atoms with Crippen molar-refractivity contribution in [2.24, 2.45) is 0 Å². The van der Waals surface area contributed by atoms with Gasteiger partial charge in [-0.25, -0.2) is 14.4 Å². The summed E-state index contributed by atoms with van der Waals surface area (Å²) in [5.74, 6) is -0.165. The Kier molecular flexibility index (Phi) is 5.70. The molecule has 26 heavy (non-hydrogen) atoms. The Morgan fingerprint density at radius 3 is 2.88 bits per heavy atom. The van der Waals surface area contributed by atoms with Gasteiger partial charge in [0, 0.05) is 0 Å². The highest BCUT2D eigenvalue weighted by Crippen LogP contribution is 2.30. The van der Waals surface area contributed by atoms with E-state index in [1.54, 1.807) is 12.1 Å². The van der Waals surface area contributed by atoms with Crippen molar-refractivity contribution < 1.29 is 13.9 Å². The van der Waals surface area contributed by atoms with Gasteiger partial charge < -0.3 is 15.4 Å². The zero-order valence-corrected chi connectivity index (χ0v) is 16.4. The fraction of sp³-hybridized carbons (Fsp3) is 0.0625. The molecule has 6 nitrogen and oxygen atoms in total. The van der Waals surface area contributed by atoms with Crippen molar-refractivity contribution in [1.82, 2.24) is 9.97 Å². The third-order valence-electron chi connectivity index (χ3n) is 3.20. The molecule has 3 rings (SSSR count). The number of para-hydroxylation sites is 1. The molecule has 0 saturated heterocycles. The SMILES string of the molecule is COc1ccc(Br)nc1Nc1ncc(C(=O)Nc2c(F)cccc2Cl)s1. The molecule has 0 fully saturated rings. The van der Waals surface area contributed by atoms with Crippen LogP contribution < -0.4 is 15.4 Å². The first-order valence-electron chi connectivity index (χ1n) is 7.16. The molecule has 0 aliphatic heterocycles. The van der Waals surface area contributed by atoms with E-state index in [2.05, 4.69) is 36.5 Å². The number of pyridine rings is 1. The number of hydrogen-bond acceptors (Lipinski definition) is 6. The van der Waals surface area contributed by atoms with Gasteiger partial charge in [-0.05, 0) is 40.2 Å². The first-order chi connectivity index (χ1) is 12.5. The summed E-state index contributed by atoms with van der Waals surface area (Å²) in [6, 6.07) is 7.64. The summed E-state index contributed by atoms with van der Waals surface area (Å²) in [5, 5.41) is 5.98. The molecule has 0 aliphatic carbocycles. The van der Waals surface area contributed by atoms with Crippen LogP contribution in [0.5, 0.6) is 5.75 Å². The second-order valence-electron chi connectivity index (χ2n) is 4.89. The maximum absolute atomic E-state index is 13.8. The Balaban J connectivity index is 1.78. The third-order valence-corrected chi connectivity index (χ3v) is 4.87. The van der Waals surface area contributed by atoms with Crippen molar-refractivity contribution >= 4 is 61.4 Å². The summed E-state index contributed by atoms with van der Waals surface area (Å²) in [4.78, 5) is 21.0. The van der Waals surface area contributed by atoms with Crippen molar-refractivity contribution in [2.45, 2.75) is 0 Å². The quantitative estimate of drug-likeness (QED) is 0.522. The largest absolute Gasteiger partial charge is 0.493 e. The van der Waals surface area contributed by atoms with E-state index in [4.69, 9.17) is 16.3 Å². The highest BCUT2D eigenvalue weighted by molar-refractivity contribution is 9.10. The maximum Gasteiger partial charge on any atom is 0.267 e. The van der Waals surface area contributed by atoms with Gasteiger partial charge >= 0.3 is 0 Å². The number of nitrogens with one attached hydrogen (secondary N) is 2. The standard InChI is InChI=1S/C16H11BrClFN4O2S/c1-25-10-5-6-12(17)21-14(10)23-16-20-7-11(26-16)15(24)22-13-8(18)3-2-4-9(13)19/h2-7H,1H3,(H,22,24)(H,20,21,23). The number of carbonyl (C=O) groups excluding carboxylic acids is 1. The lowest BCUT2D eigenvalue weighted by molar-refractivity contribution is 0.103. The Bertz CT molecular complexity index is 949. The van der Waals surface area contributed by atoms with E-state index >= 15 is 0 Å². The Hall–Kier alpha value is -2.23. The smallest absolute Gasteiger partial charge is 0.267 e. The molecule has 1 amide bonds. The topological polar surface area (TPSA) is 76.1 Å². The number of amides is 1. The molecule has 2 N–H and O–H groups in total. The molecule has 0 bridgehead atoms. The minimum Gasteiger partial charge on any atom is -0.493 e. The molecule has 0 aliphatic rings. The van der Waals surface area contributed by atoms with Crippen LogP contribution in [0.25, 0.3) is 0 Å². The van der Waals surface area contributed by atoms with E-state index in [1.807, 2.05) is 0 Å². The summed E-state index contributed by atoms with van der Waals surface area (Å²) < 4.78 is 19.6. The number of aromatic nitrogens is 2. The zero-order valence-electron chi connectivity index (χ0n) is 13.2. The van der Waals surface area contributed by atoms with E-state index < -0.39 is 11.7 Å². The fourth-order valence-electron chi connectivity index (χ4n) is 2.01. The van der Waals surface area contributed by atoms with Gasteiger partial charge in [0.05, 0.1) is 24.0 Å². The molecule has 0 radical (unpaired) electrons. The number of halogens is 3. The summed E-state index contributed by atoms with van der Waals surface area (Å²) in [5.41, 5.74) is -0.0719. The molecule has 1 aromatic carbocycles. The number of anilines is 3. The van der Waals surface area contributed by atoms with Crippen molar-refractivity contribution in [3.8, 4) is 5.75 Å². The number of nitrogens with zero attached hydrogens (tertiary/aromatic N) is 2. The average molecular weight is 458 g/mol. The number of rotatable bonds is 5. The summed E-state index contributed by atoms with van der Waals surface area (Å²) in [7, 11) is 1.52. The first-order valence-corrected chi connectivity index (χ1v) is 9.15. The Morgan fingerprint density at radius 2 is 2.15 bits per heavy atom. The number of ether oxygens (including phenoxy) is 1. The van der Waals surface area contributed by atoms with Crippen LogP contribution in [0.1, 0.15) is 9.67 Å². The minimum absolute atomic E-state index is 0.0719. The first kappa shape index (κ1) is 18.6. The van der Waals surface area contributed by atoms with Gasteiger partial charge in [0.15, 0.2) is 16.7 Å². The van der Waals surface area contributed by atoms with Crippen molar-refractivity contribution in [3.63, 3.8) is 0 Å². The second-order valence-corrected chi connectivity index (χ2v) is 7.14. The van der Waals surface area contributed by atoms with Crippen LogP contribution >= 0.6 is 38.9 Å².